The molecule has 5 rings (SSSR count). The van der Waals surface area contributed by atoms with Crippen LogP contribution in [-0.4, -0.2) is 42.2 Å². The predicted molar refractivity (Wildman–Crippen MR) is 124 cm³/mol. The Morgan fingerprint density at radius 3 is 2.70 bits per heavy atom. The van der Waals surface area contributed by atoms with Gasteiger partial charge in [0.15, 0.2) is 18.3 Å². The van der Waals surface area contributed by atoms with E-state index in [-0.39, 0.29) is 24.7 Å². The summed E-state index contributed by atoms with van der Waals surface area (Å²) < 4.78 is 25.2. The summed E-state index contributed by atoms with van der Waals surface area (Å²) >= 11 is 0. The van der Waals surface area contributed by atoms with E-state index in [1.165, 1.54) is 0 Å². The number of nitrogens with zero attached hydrogens (tertiary/aromatic N) is 2. The second-order valence-corrected chi connectivity index (χ2v) is 8.65. The van der Waals surface area contributed by atoms with Crippen LogP contribution in [0.3, 0.4) is 0 Å². The molecular weight excluding hydrogens is 420 g/mol. The van der Waals surface area contributed by atoms with Crippen LogP contribution in [-0.2, 0) is 15.9 Å². The Hall–Kier alpha value is -2.90. The number of carbonyl (C=O) groups excluding carboxylic acids is 1. The van der Waals surface area contributed by atoms with Gasteiger partial charge in [-0.1, -0.05) is 12.1 Å². The highest BCUT2D eigenvalue weighted by Gasteiger charge is 2.25. The minimum Gasteiger partial charge on any atom is -0.497 e. The van der Waals surface area contributed by atoms with Crippen LogP contribution in [0.2, 0.25) is 0 Å². The number of fused-ring (bicyclic) bond motifs is 1. The molecule has 0 spiro atoms. The number of ketones is 1. The van der Waals surface area contributed by atoms with Gasteiger partial charge in [0.2, 0.25) is 0 Å². The van der Waals surface area contributed by atoms with Gasteiger partial charge in [0, 0.05) is 24.8 Å². The van der Waals surface area contributed by atoms with Crippen LogP contribution in [0.15, 0.2) is 42.6 Å². The Bertz CT molecular complexity index is 1110. The van der Waals surface area contributed by atoms with E-state index in [0.29, 0.717) is 17.9 Å². The molecule has 7 heteroatoms. The number of Topliss-reactive ketones (excluding diaryl/α,β-unsaturated/α-hetero) is 1. The van der Waals surface area contributed by atoms with Crippen molar-refractivity contribution in [3.63, 3.8) is 0 Å². The van der Waals surface area contributed by atoms with E-state index in [4.69, 9.17) is 18.9 Å². The summed E-state index contributed by atoms with van der Waals surface area (Å²) in [4.78, 5) is 13.6. The Morgan fingerprint density at radius 2 is 1.94 bits per heavy atom. The predicted octanol–water partition coefficient (Wildman–Crippen LogP) is 5.07. The summed E-state index contributed by atoms with van der Waals surface area (Å²) in [6, 6.07) is 11.4. The van der Waals surface area contributed by atoms with Crippen LogP contribution in [0.25, 0.3) is 10.9 Å². The van der Waals surface area contributed by atoms with E-state index in [1.54, 1.807) is 13.3 Å². The van der Waals surface area contributed by atoms with Crippen molar-refractivity contribution in [3.05, 3.63) is 53.7 Å². The van der Waals surface area contributed by atoms with E-state index >= 15 is 0 Å². The first-order valence-electron chi connectivity index (χ1n) is 11.8. The first-order valence-corrected chi connectivity index (χ1v) is 11.8. The van der Waals surface area contributed by atoms with Crippen molar-refractivity contribution in [1.82, 2.24) is 9.78 Å². The summed E-state index contributed by atoms with van der Waals surface area (Å²) in [6.07, 6.45) is 7.56. The maximum Gasteiger partial charge on any atom is 0.199 e. The molecule has 2 fully saturated rings. The first kappa shape index (κ1) is 21.9. The normalized spacial score (nSPS) is 21.1. The van der Waals surface area contributed by atoms with Gasteiger partial charge in [0.05, 0.1) is 31.0 Å². The van der Waals surface area contributed by atoms with E-state index < -0.39 is 0 Å². The van der Waals surface area contributed by atoms with Crippen LogP contribution in [0, 0.1) is 0 Å². The molecular formula is C26H30N2O5. The molecule has 2 unspecified atom stereocenters. The fourth-order valence-electron chi connectivity index (χ4n) is 4.63. The number of hydrogen-bond acceptors (Lipinski definition) is 6. The van der Waals surface area contributed by atoms with Crippen LogP contribution < -0.4 is 9.47 Å². The van der Waals surface area contributed by atoms with E-state index in [9.17, 15) is 4.79 Å². The molecule has 2 aromatic carbocycles. The van der Waals surface area contributed by atoms with Gasteiger partial charge in [-0.05, 0) is 61.9 Å². The van der Waals surface area contributed by atoms with Gasteiger partial charge in [-0.25, -0.2) is 4.68 Å². The number of hydrogen-bond donors (Lipinski definition) is 0. The van der Waals surface area contributed by atoms with Gasteiger partial charge in [0.1, 0.15) is 11.5 Å². The summed E-state index contributed by atoms with van der Waals surface area (Å²) in [5.74, 6) is 1.25. The first-order chi connectivity index (χ1) is 16.2. The Kier molecular flexibility index (Phi) is 6.60. The standard InChI is InChI=1S/C26H30N2O5/c1-30-19-8-6-7-18(15-19)16-22(29)26-20-17-27-28(24-9-2-4-13-31-24)21(20)11-12-23(26)33-25-10-3-5-14-32-25/h6-8,11-12,15,17,24-25H,2-5,9-10,13-14,16H2,1H3. The molecule has 3 heterocycles. The maximum atomic E-state index is 13.6. The lowest BCUT2D eigenvalue weighted by molar-refractivity contribution is -0.106. The van der Waals surface area contributed by atoms with E-state index in [1.807, 2.05) is 41.1 Å². The molecule has 0 aliphatic carbocycles. The third-order valence-corrected chi connectivity index (χ3v) is 6.34. The highest BCUT2D eigenvalue weighted by atomic mass is 16.7. The molecule has 0 amide bonds. The van der Waals surface area contributed by atoms with Gasteiger partial charge in [-0.2, -0.15) is 5.10 Å². The number of benzene rings is 2. The SMILES string of the molecule is COc1cccc(CC(=O)c2c(OC3CCCCO3)ccc3c2cnn3C2CCCCO2)c1. The molecule has 7 nitrogen and oxygen atoms in total. The Morgan fingerprint density at radius 1 is 1.09 bits per heavy atom. The summed E-state index contributed by atoms with van der Waals surface area (Å²) in [5.41, 5.74) is 2.32. The largest absolute Gasteiger partial charge is 0.497 e. The van der Waals surface area contributed by atoms with Crippen molar-refractivity contribution in [2.24, 2.45) is 0 Å². The van der Waals surface area contributed by atoms with Gasteiger partial charge in [0.25, 0.3) is 0 Å². The number of ether oxygens (including phenoxy) is 4. The third kappa shape index (κ3) is 4.75. The number of aromatic nitrogens is 2. The van der Waals surface area contributed by atoms with Crippen LogP contribution in [0.5, 0.6) is 11.5 Å². The zero-order valence-corrected chi connectivity index (χ0v) is 19.0. The fraction of sp³-hybridized carbons (Fsp3) is 0.462. The second kappa shape index (κ2) is 9.93. The number of methoxy groups -OCH3 is 1. The lowest BCUT2D eigenvalue weighted by Crippen LogP contribution is -2.26. The monoisotopic (exact) mass is 450 g/mol. The average molecular weight is 451 g/mol. The highest BCUT2D eigenvalue weighted by molar-refractivity contribution is 6.10. The zero-order valence-electron chi connectivity index (χ0n) is 19.0. The lowest BCUT2D eigenvalue weighted by atomic mass is 9.99. The zero-order chi connectivity index (χ0) is 22.6. The highest BCUT2D eigenvalue weighted by Crippen LogP contribution is 2.34. The van der Waals surface area contributed by atoms with Crippen molar-refractivity contribution in [1.29, 1.82) is 0 Å². The maximum absolute atomic E-state index is 13.6. The Labute approximate surface area is 193 Å². The smallest absolute Gasteiger partial charge is 0.199 e. The molecule has 0 bridgehead atoms. The van der Waals surface area contributed by atoms with Crippen LogP contribution in [0.4, 0.5) is 0 Å². The lowest BCUT2D eigenvalue weighted by Gasteiger charge is -2.25. The number of rotatable bonds is 7. The summed E-state index contributed by atoms with van der Waals surface area (Å²) in [5, 5.41) is 5.40. The third-order valence-electron chi connectivity index (χ3n) is 6.34. The molecule has 1 aromatic heterocycles. The minimum absolute atomic E-state index is 0.0243. The second-order valence-electron chi connectivity index (χ2n) is 8.65. The molecule has 0 radical (unpaired) electrons. The summed E-state index contributed by atoms with van der Waals surface area (Å²) in [7, 11) is 1.62. The van der Waals surface area contributed by atoms with Gasteiger partial charge < -0.3 is 18.9 Å². The Balaban J connectivity index is 1.52. The van der Waals surface area contributed by atoms with E-state index in [0.717, 1.165) is 67.3 Å². The average Bonchev–Trinajstić information content (AvgIpc) is 3.29. The molecule has 0 saturated carbocycles. The molecule has 2 aliphatic heterocycles. The fourth-order valence-corrected chi connectivity index (χ4v) is 4.63. The topological polar surface area (TPSA) is 71.8 Å². The molecule has 2 saturated heterocycles. The van der Waals surface area contributed by atoms with E-state index in [2.05, 4.69) is 5.10 Å². The van der Waals surface area contributed by atoms with Crippen molar-refractivity contribution in [2.75, 3.05) is 20.3 Å². The van der Waals surface area contributed by atoms with Gasteiger partial charge >= 0.3 is 0 Å². The van der Waals surface area contributed by atoms with Crippen molar-refractivity contribution in [2.45, 2.75) is 57.5 Å². The molecule has 2 atom stereocenters. The van der Waals surface area contributed by atoms with Crippen LogP contribution in [0.1, 0.15) is 60.7 Å². The van der Waals surface area contributed by atoms with Crippen molar-refractivity contribution in [3.8, 4) is 11.5 Å². The van der Waals surface area contributed by atoms with Gasteiger partial charge in [-0.3, -0.25) is 4.79 Å². The molecule has 0 N–H and O–H groups in total. The molecule has 3 aromatic rings. The van der Waals surface area contributed by atoms with Crippen LogP contribution >= 0.6 is 0 Å². The van der Waals surface area contributed by atoms with Crippen molar-refractivity contribution < 1.29 is 23.7 Å². The minimum atomic E-state index is -0.337. The van der Waals surface area contributed by atoms with Crippen molar-refractivity contribution >= 4 is 16.7 Å². The molecule has 174 valence electrons. The quantitative estimate of drug-likeness (QED) is 0.468. The molecule has 33 heavy (non-hydrogen) atoms. The number of carbonyl (C=O) groups is 1. The summed E-state index contributed by atoms with van der Waals surface area (Å²) in [6.45, 7) is 1.41. The van der Waals surface area contributed by atoms with Gasteiger partial charge in [-0.15, -0.1) is 0 Å². The molecule has 2 aliphatic rings.